The Morgan fingerprint density at radius 2 is 1.90 bits per heavy atom. The highest BCUT2D eigenvalue weighted by molar-refractivity contribution is 6.30. The Bertz CT molecular complexity index is 422. The van der Waals surface area contributed by atoms with Crippen LogP contribution in [0.5, 0.6) is 0 Å². The maximum Gasteiger partial charge on any atom is 0.0502 e. The summed E-state index contributed by atoms with van der Waals surface area (Å²) in [5, 5.41) is 0.775. The van der Waals surface area contributed by atoms with Gasteiger partial charge in [0.1, 0.15) is 0 Å². The maximum atomic E-state index is 6.45. The lowest BCUT2D eigenvalue weighted by Crippen LogP contribution is -2.48. The third-order valence-corrected chi connectivity index (χ3v) is 4.22. The largest absolute Gasteiger partial charge is 0.326 e. The monoisotopic (exact) mass is 311 g/mol. The number of halogens is 1. The molecule has 21 heavy (non-hydrogen) atoms. The van der Waals surface area contributed by atoms with Crippen molar-refractivity contribution in [1.82, 2.24) is 9.80 Å². The summed E-state index contributed by atoms with van der Waals surface area (Å²) in [5.74, 6) is 0. The minimum atomic E-state index is 0.105. The molecule has 4 heteroatoms. The molecular weight excluding hydrogens is 282 g/mol. The zero-order chi connectivity index (χ0) is 16.0. The summed E-state index contributed by atoms with van der Waals surface area (Å²) in [4.78, 5) is 4.71. The van der Waals surface area contributed by atoms with Crippen molar-refractivity contribution in [2.45, 2.75) is 45.3 Å². The molecule has 0 aliphatic carbocycles. The third-order valence-electron chi connectivity index (χ3n) is 3.99. The zero-order valence-electron chi connectivity index (χ0n) is 14.0. The highest BCUT2D eigenvalue weighted by Gasteiger charge is 2.28. The van der Waals surface area contributed by atoms with Crippen LogP contribution in [-0.4, -0.2) is 49.1 Å². The third kappa shape index (κ3) is 5.26. The molecule has 1 rings (SSSR count). The highest BCUT2D eigenvalue weighted by Crippen LogP contribution is 2.28. The fourth-order valence-corrected chi connectivity index (χ4v) is 3.21. The molecule has 0 aliphatic rings. The van der Waals surface area contributed by atoms with Gasteiger partial charge in [0.05, 0.1) is 6.04 Å². The van der Waals surface area contributed by atoms with E-state index in [1.807, 2.05) is 18.2 Å². The summed E-state index contributed by atoms with van der Waals surface area (Å²) < 4.78 is 0. The van der Waals surface area contributed by atoms with E-state index in [9.17, 15) is 0 Å². The molecule has 0 saturated heterocycles. The summed E-state index contributed by atoms with van der Waals surface area (Å²) in [6.45, 7) is 8.60. The molecule has 0 spiro atoms. The van der Waals surface area contributed by atoms with Crippen molar-refractivity contribution < 1.29 is 0 Å². The van der Waals surface area contributed by atoms with E-state index in [-0.39, 0.29) is 12.1 Å². The van der Waals surface area contributed by atoms with E-state index < -0.39 is 0 Å². The Labute approximate surface area is 135 Å². The molecule has 0 radical (unpaired) electrons. The molecule has 0 fully saturated rings. The lowest BCUT2D eigenvalue weighted by Gasteiger charge is -2.40. The van der Waals surface area contributed by atoms with Crippen LogP contribution in [0.2, 0.25) is 5.02 Å². The summed E-state index contributed by atoms with van der Waals surface area (Å²) in [6, 6.07) is 8.86. The molecule has 3 unspecified atom stereocenters. The van der Waals surface area contributed by atoms with Crippen LogP contribution in [0.25, 0.3) is 0 Å². The zero-order valence-corrected chi connectivity index (χ0v) is 14.8. The molecule has 1 aromatic rings. The molecule has 0 amide bonds. The second kappa shape index (κ2) is 8.74. The predicted molar refractivity (Wildman–Crippen MR) is 92.9 cm³/mol. The molecule has 0 saturated carbocycles. The second-order valence-electron chi connectivity index (χ2n) is 6.01. The number of hydrogen-bond donors (Lipinski definition) is 1. The van der Waals surface area contributed by atoms with E-state index in [4.69, 9.17) is 17.3 Å². The quantitative estimate of drug-likeness (QED) is 0.798. The van der Waals surface area contributed by atoms with Crippen LogP contribution < -0.4 is 5.73 Å². The second-order valence-corrected chi connectivity index (χ2v) is 6.45. The first-order chi connectivity index (χ1) is 9.90. The number of hydrogen-bond acceptors (Lipinski definition) is 3. The Hall–Kier alpha value is -0.610. The van der Waals surface area contributed by atoms with Crippen molar-refractivity contribution in [2.24, 2.45) is 5.73 Å². The van der Waals surface area contributed by atoms with Crippen molar-refractivity contribution in [1.29, 1.82) is 0 Å². The molecule has 0 bridgehead atoms. The lowest BCUT2D eigenvalue weighted by atomic mass is 9.95. The van der Waals surface area contributed by atoms with Crippen LogP contribution in [-0.2, 0) is 0 Å². The van der Waals surface area contributed by atoms with Crippen LogP contribution in [0.3, 0.4) is 0 Å². The molecule has 0 aromatic heterocycles. The van der Waals surface area contributed by atoms with Gasteiger partial charge >= 0.3 is 0 Å². The van der Waals surface area contributed by atoms with Gasteiger partial charge in [-0.3, -0.25) is 4.90 Å². The van der Waals surface area contributed by atoms with E-state index >= 15 is 0 Å². The van der Waals surface area contributed by atoms with Gasteiger partial charge in [0.25, 0.3) is 0 Å². The molecule has 0 aliphatic heterocycles. The molecule has 0 heterocycles. The van der Waals surface area contributed by atoms with Crippen LogP contribution in [0.15, 0.2) is 24.3 Å². The first-order valence-electron chi connectivity index (χ1n) is 7.82. The van der Waals surface area contributed by atoms with Gasteiger partial charge < -0.3 is 10.6 Å². The smallest absolute Gasteiger partial charge is 0.0502 e. The predicted octanol–water partition coefficient (Wildman–Crippen LogP) is 3.39. The summed E-state index contributed by atoms with van der Waals surface area (Å²) in [6.07, 6.45) is 0.947. The number of rotatable bonds is 8. The number of nitrogens with zero attached hydrogens (tertiary/aromatic N) is 2. The Balaban J connectivity index is 3.10. The molecule has 3 atom stereocenters. The summed E-state index contributed by atoms with van der Waals surface area (Å²) >= 11 is 6.18. The van der Waals surface area contributed by atoms with Crippen molar-refractivity contribution >= 4 is 11.6 Å². The summed E-state index contributed by atoms with van der Waals surface area (Å²) in [7, 11) is 4.22. The van der Waals surface area contributed by atoms with Gasteiger partial charge in [0.15, 0.2) is 0 Å². The molecule has 120 valence electrons. The van der Waals surface area contributed by atoms with Gasteiger partial charge in [-0.05, 0) is 51.7 Å². The fraction of sp³-hybridized carbons (Fsp3) is 0.647. The first kappa shape index (κ1) is 18.4. The van der Waals surface area contributed by atoms with E-state index in [0.29, 0.717) is 6.04 Å². The standard InChI is InChI=1S/C17H30ClN3/c1-6-16(19)17(14-9-8-10-15(18)11-14)21(7-2)13(3)12-20(4)5/h8-11,13,16-17H,6-7,12,19H2,1-5H3. The van der Waals surface area contributed by atoms with Gasteiger partial charge in [-0.25, -0.2) is 0 Å². The van der Waals surface area contributed by atoms with E-state index in [1.54, 1.807) is 0 Å². The number of benzene rings is 1. The summed E-state index contributed by atoms with van der Waals surface area (Å²) in [5.41, 5.74) is 7.66. The molecule has 3 nitrogen and oxygen atoms in total. The van der Waals surface area contributed by atoms with Crippen molar-refractivity contribution in [2.75, 3.05) is 27.2 Å². The molecule has 2 N–H and O–H groups in total. The SMILES string of the molecule is CCC(N)C(c1cccc(Cl)c1)N(CC)C(C)CN(C)C. The average molecular weight is 312 g/mol. The minimum absolute atomic E-state index is 0.105. The topological polar surface area (TPSA) is 32.5 Å². The Morgan fingerprint density at radius 3 is 2.38 bits per heavy atom. The number of likely N-dealkylation sites (N-methyl/N-ethyl adjacent to an activating group) is 2. The van der Waals surface area contributed by atoms with E-state index in [1.165, 1.54) is 5.56 Å². The Morgan fingerprint density at radius 1 is 1.24 bits per heavy atom. The van der Waals surface area contributed by atoms with Gasteiger partial charge in [-0.1, -0.05) is 37.6 Å². The van der Waals surface area contributed by atoms with Gasteiger partial charge in [0.2, 0.25) is 0 Å². The van der Waals surface area contributed by atoms with Crippen molar-refractivity contribution in [3.05, 3.63) is 34.9 Å². The fourth-order valence-electron chi connectivity index (χ4n) is 3.01. The number of nitrogens with two attached hydrogens (primary N) is 1. The lowest BCUT2D eigenvalue weighted by molar-refractivity contribution is 0.109. The molecule has 1 aromatic carbocycles. The van der Waals surface area contributed by atoms with Crippen LogP contribution in [0, 0.1) is 0 Å². The van der Waals surface area contributed by atoms with Gasteiger partial charge in [-0.15, -0.1) is 0 Å². The van der Waals surface area contributed by atoms with Crippen molar-refractivity contribution in [3.63, 3.8) is 0 Å². The molecular formula is C17H30ClN3. The van der Waals surface area contributed by atoms with Gasteiger partial charge in [0, 0.05) is 23.7 Å². The normalized spacial score (nSPS) is 16.2. The van der Waals surface area contributed by atoms with Crippen LogP contribution >= 0.6 is 11.6 Å². The van der Waals surface area contributed by atoms with E-state index in [0.717, 1.165) is 24.5 Å². The van der Waals surface area contributed by atoms with Crippen LogP contribution in [0.1, 0.15) is 38.8 Å². The highest BCUT2D eigenvalue weighted by atomic mass is 35.5. The van der Waals surface area contributed by atoms with E-state index in [2.05, 4.69) is 50.7 Å². The Kier molecular flexibility index (Phi) is 7.67. The van der Waals surface area contributed by atoms with Crippen LogP contribution in [0.4, 0.5) is 0 Å². The van der Waals surface area contributed by atoms with Crippen molar-refractivity contribution in [3.8, 4) is 0 Å². The maximum absolute atomic E-state index is 6.45. The minimum Gasteiger partial charge on any atom is -0.326 e. The first-order valence-corrected chi connectivity index (χ1v) is 8.19. The van der Waals surface area contributed by atoms with Gasteiger partial charge in [-0.2, -0.15) is 0 Å². The average Bonchev–Trinajstić information content (AvgIpc) is 2.42.